The van der Waals surface area contributed by atoms with E-state index in [4.69, 9.17) is 0 Å². The molecule has 6 heteroatoms. The second-order valence-electron chi connectivity index (χ2n) is 21.7. The average molecular weight is 975 g/mol. The molecule has 410 valence electrons. The van der Waals surface area contributed by atoms with Crippen molar-refractivity contribution in [2.45, 2.75) is 366 Å². The van der Waals surface area contributed by atoms with E-state index >= 15 is 0 Å². The van der Waals surface area contributed by atoms with Crippen LogP contribution in [0.2, 0.25) is 0 Å². The molecular weight excluding hydrogens is 851 g/mol. The molecule has 0 rings (SSSR count). The molecular formula is C63H123NO5. The van der Waals surface area contributed by atoms with Gasteiger partial charge in [0.25, 0.3) is 0 Å². The SMILES string of the molecule is CCCCCCCCCCCCCCCCCCCCCCCCC/C=C/CC/C=C/CCCC(O)C(O)C(CO)NC(=O)C(O)CCCCCCCCCCCCCCCCCCCCCCC. The number of hydrogen-bond acceptors (Lipinski definition) is 5. The number of carbonyl (C=O) groups excluding carboxylic acids is 1. The fraction of sp³-hybridized carbons (Fsp3) is 0.921. The van der Waals surface area contributed by atoms with E-state index in [0.29, 0.717) is 19.3 Å². The van der Waals surface area contributed by atoms with Crippen LogP contribution in [0.4, 0.5) is 0 Å². The second-order valence-corrected chi connectivity index (χ2v) is 21.7. The van der Waals surface area contributed by atoms with E-state index in [2.05, 4.69) is 43.5 Å². The third-order valence-electron chi connectivity index (χ3n) is 14.9. The van der Waals surface area contributed by atoms with Gasteiger partial charge in [0.15, 0.2) is 0 Å². The van der Waals surface area contributed by atoms with Crippen molar-refractivity contribution in [1.82, 2.24) is 5.32 Å². The topological polar surface area (TPSA) is 110 Å². The molecule has 0 spiro atoms. The number of aliphatic hydroxyl groups excluding tert-OH is 4. The number of aliphatic hydroxyl groups is 4. The van der Waals surface area contributed by atoms with Gasteiger partial charge in [0.2, 0.25) is 5.91 Å². The first-order chi connectivity index (χ1) is 34.0. The lowest BCUT2D eigenvalue weighted by molar-refractivity contribution is -0.132. The number of hydrogen-bond donors (Lipinski definition) is 5. The molecule has 0 aliphatic heterocycles. The van der Waals surface area contributed by atoms with E-state index in [1.54, 1.807) is 0 Å². The van der Waals surface area contributed by atoms with Crippen molar-refractivity contribution >= 4 is 5.91 Å². The molecule has 0 radical (unpaired) electrons. The Morgan fingerprint density at radius 2 is 0.609 bits per heavy atom. The molecule has 0 saturated heterocycles. The number of carbonyl (C=O) groups is 1. The van der Waals surface area contributed by atoms with Crippen LogP contribution in [0.1, 0.15) is 341 Å². The molecule has 0 saturated carbocycles. The number of rotatable bonds is 58. The van der Waals surface area contributed by atoms with Gasteiger partial charge in [-0.1, -0.05) is 314 Å². The largest absolute Gasteiger partial charge is 0.394 e. The minimum atomic E-state index is -1.29. The number of unbranched alkanes of at least 4 members (excludes halogenated alkanes) is 45. The molecule has 1 amide bonds. The van der Waals surface area contributed by atoms with Crippen LogP contribution in [0, 0.1) is 0 Å². The predicted molar refractivity (Wildman–Crippen MR) is 302 cm³/mol. The van der Waals surface area contributed by atoms with Gasteiger partial charge in [0.1, 0.15) is 12.2 Å². The Kier molecular flexibility index (Phi) is 56.7. The average Bonchev–Trinajstić information content (AvgIpc) is 3.35. The Hall–Kier alpha value is -1.21. The van der Waals surface area contributed by atoms with Crippen LogP contribution in [0.5, 0.6) is 0 Å². The summed E-state index contributed by atoms with van der Waals surface area (Å²) in [5.74, 6) is -0.591. The third-order valence-corrected chi connectivity index (χ3v) is 14.9. The van der Waals surface area contributed by atoms with Crippen LogP contribution >= 0.6 is 0 Å². The molecule has 0 aromatic heterocycles. The van der Waals surface area contributed by atoms with Gasteiger partial charge in [0, 0.05) is 0 Å². The highest BCUT2D eigenvalue weighted by atomic mass is 16.3. The Labute approximate surface area is 431 Å². The van der Waals surface area contributed by atoms with Gasteiger partial charge in [-0.2, -0.15) is 0 Å². The lowest BCUT2D eigenvalue weighted by Gasteiger charge is -2.27. The van der Waals surface area contributed by atoms with Crippen LogP contribution in [-0.4, -0.2) is 57.3 Å². The minimum Gasteiger partial charge on any atom is -0.394 e. The van der Waals surface area contributed by atoms with Crippen LogP contribution in [0.15, 0.2) is 24.3 Å². The van der Waals surface area contributed by atoms with E-state index in [9.17, 15) is 25.2 Å². The Balaban J connectivity index is 3.61. The van der Waals surface area contributed by atoms with E-state index in [0.717, 1.165) is 38.5 Å². The molecule has 6 nitrogen and oxygen atoms in total. The van der Waals surface area contributed by atoms with Gasteiger partial charge >= 0.3 is 0 Å². The quantitative estimate of drug-likeness (QED) is 0.0308. The zero-order valence-corrected chi connectivity index (χ0v) is 46.6. The lowest BCUT2D eigenvalue weighted by Crippen LogP contribution is -2.53. The maximum atomic E-state index is 12.6. The molecule has 0 heterocycles. The van der Waals surface area contributed by atoms with Crippen molar-refractivity contribution in [2.75, 3.05) is 6.61 Å². The lowest BCUT2D eigenvalue weighted by atomic mass is 10.00. The number of nitrogens with one attached hydrogen (secondary N) is 1. The number of allylic oxidation sites excluding steroid dienone is 4. The zero-order chi connectivity index (χ0) is 50.2. The van der Waals surface area contributed by atoms with Gasteiger partial charge in [-0.25, -0.2) is 0 Å². The monoisotopic (exact) mass is 974 g/mol. The summed E-state index contributed by atoms with van der Waals surface area (Å²) in [5.41, 5.74) is 0. The van der Waals surface area contributed by atoms with Crippen LogP contribution in [0.3, 0.4) is 0 Å². The summed E-state index contributed by atoms with van der Waals surface area (Å²) in [6.07, 6.45) is 71.4. The summed E-state index contributed by atoms with van der Waals surface area (Å²) >= 11 is 0. The molecule has 0 aliphatic carbocycles. The van der Waals surface area contributed by atoms with Gasteiger partial charge in [-0.05, 0) is 51.4 Å². The molecule has 0 aromatic rings. The molecule has 4 unspecified atom stereocenters. The molecule has 0 aliphatic rings. The summed E-state index contributed by atoms with van der Waals surface area (Å²) in [6, 6.07) is -1.01. The fourth-order valence-electron chi connectivity index (χ4n) is 10.0. The van der Waals surface area contributed by atoms with Gasteiger partial charge in [-0.15, -0.1) is 0 Å². The molecule has 4 atom stereocenters. The van der Waals surface area contributed by atoms with Crippen molar-refractivity contribution in [3.05, 3.63) is 24.3 Å². The standard InChI is InChI=1S/C63H123NO5/c1-3-5-7-9-11-13-15-17-19-21-23-25-26-27-28-29-30-31-32-33-34-35-37-38-40-42-44-46-48-50-52-54-56-60(66)62(68)59(58-65)64-63(69)61(67)57-55-53-51-49-47-45-43-41-39-36-24-22-20-18-16-14-12-10-8-6-4-2/h40,42,48,50,59-62,65-68H,3-39,41,43-47,49,51-58H2,1-2H3,(H,64,69)/b42-40+,50-48+. The summed E-state index contributed by atoms with van der Waals surface area (Å²) in [7, 11) is 0. The smallest absolute Gasteiger partial charge is 0.249 e. The van der Waals surface area contributed by atoms with Crippen LogP contribution in [0.25, 0.3) is 0 Å². The molecule has 5 N–H and O–H groups in total. The van der Waals surface area contributed by atoms with Crippen molar-refractivity contribution in [2.24, 2.45) is 0 Å². The molecule has 0 aromatic carbocycles. The first-order valence-corrected chi connectivity index (χ1v) is 31.2. The maximum Gasteiger partial charge on any atom is 0.249 e. The van der Waals surface area contributed by atoms with E-state index < -0.39 is 36.9 Å². The first kappa shape index (κ1) is 67.8. The Morgan fingerprint density at radius 1 is 0.348 bits per heavy atom. The normalized spacial score (nSPS) is 13.8. The summed E-state index contributed by atoms with van der Waals surface area (Å²) in [4.78, 5) is 12.6. The predicted octanol–water partition coefficient (Wildman–Crippen LogP) is 18.6. The van der Waals surface area contributed by atoms with Gasteiger partial charge in [0.05, 0.1) is 18.8 Å². The van der Waals surface area contributed by atoms with Gasteiger partial charge < -0.3 is 25.7 Å². The number of amides is 1. The third kappa shape index (κ3) is 51.5. The highest BCUT2D eigenvalue weighted by Crippen LogP contribution is 2.19. The van der Waals surface area contributed by atoms with Crippen molar-refractivity contribution in [3.63, 3.8) is 0 Å². The summed E-state index contributed by atoms with van der Waals surface area (Å²) in [6.45, 7) is 4.09. The van der Waals surface area contributed by atoms with Crippen molar-refractivity contribution < 1.29 is 25.2 Å². The van der Waals surface area contributed by atoms with E-state index in [1.165, 1.54) is 270 Å². The molecule has 0 fully saturated rings. The Morgan fingerprint density at radius 3 is 0.913 bits per heavy atom. The minimum absolute atomic E-state index is 0.365. The fourth-order valence-corrected chi connectivity index (χ4v) is 10.0. The van der Waals surface area contributed by atoms with E-state index in [1.807, 2.05) is 0 Å². The van der Waals surface area contributed by atoms with Crippen molar-refractivity contribution in [3.8, 4) is 0 Å². The Bertz CT molecular complexity index is 1050. The molecule has 69 heavy (non-hydrogen) atoms. The molecule has 0 bridgehead atoms. The maximum absolute atomic E-state index is 12.6. The highest BCUT2D eigenvalue weighted by Gasteiger charge is 2.28. The first-order valence-electron chi connectivity index (χ1n) is 31.2. The van der Waals surface area contributed by atoms with Gasteiger partial charge in [-0.3, -0.25) is 4.79 Å². The van der Waals surface area contributed by atoms with Crippen molar-refractivity contribution in [1.29, 1.82) is 0 Å². The summed E-state index contributed by atoms with van der Waals surface area (Å²) < 4.78 is 0. The van der Waals surface area contributed by atoms with Crippen LogP contribution in [-0.2, 0) is 4.79 Å². The van der Waals surface area contributed by atoms with E-state index in [-0.39, 0.29) is 0 Å². The van der Waals surface area contributed by atoms with Crippen LogP contribution < -0.4 is 5.32 Å². The second kappa shape index (κ2) is 57.7. The summed E-state index contributed by atoms with van der Waals surface area (Å²) in [5, 5.41) is 44.0. The zero-order valence-electron chi connectivity index (χ0n) is 46.6. The highest BCUT2D eigenvalue weighted by molar-refractivity contribution is 5.80.